The van der Waals surface area contributed by atoms with E-state index in [-0.39, 0.29) is 5.95 Å². The van der Waals surface area contributed by atoms with Crippen LogP contribution in [0.5, 0.6) is 0 Å². The van der Waals surface area contributed by atoms with Gasteiger partial charge in [0.15, 0.2) is 0 Å². The van der Waals surface area contributed by atoms with Crippen molar-refractivity contribution < 1.29 is 0 Å². The van der Waals surface area contributed by atoms with Crippen molar-refractivity contribution >= 4 is 22.7 Å². The fourth-order valence-corrected chi connectivity index (χ4v) is 1.87. The molecule has 0 amide bonds. The number of nitrogen functional groups attached to an aromatic ring is 1. The largest absolute Gasteiger partial charge is 0.368 e. The fourth-order valence-electron chi connectivity index (χ4n) is 1.87. The Balaban J connectivity index is 1.80. The number of aromatic nitrogens is 5. The van der Waals surface area contributed by atoms with Gasteiger partial charge in [0.2, 0.25) is 5.95 Å². The lowest BCUT2D eigenvalue weighted by molar-refractivity contribution is 0.608. The van der Waals surface area contributed by atoms with Crippen LogP contribution in [0.25, 0.3) is 10.9 Å². The molecule has 96 valence electrons. The summed E-state index contributed by atoms with van der Waals surface area (Å²) in [6.45, 7) is 1.39. The van der Waals surface area contributed by atoms with Crippen molar-refractivity contribution in [3.8, 4) is 0 Å². The van der Waals surface area contributed by atoms with Gasteiger partial charge in [0.05, 0.1) is 18.3 Å². The molecule has 0 radical (unpaired) electrons. The lowest BCUT2D eigenvalue weighted by Crippen LogP contribution is -2.13. The number of fused-ring (bicyclic) bond motifs is 1. The van der Waals surface area contributed by atoms with E-state index in [1.807, 2.05) is 30.5 Å². The zero-order valence-electron chi connectivity index (χ0n) is 10.2. The SMILES string of the molecule is Nc1nc(NCCn2ccnn2)c2ccccc2n1. The molecule has 0 unspecified atom stereocenters. The second kappa shape index (κ2) is 4.89. The highest BCUT2D eigenvalue weighted by atomic mass is 15.4. The molecule has 0 atom stereocenters. The smallest absolute Gasteiger partial charge is 0.222 e. The average Bonchev–Trinajstić information content (AvgIpc) is 2.91. The van der Waals surface area contributed by atoms with E-state index in [0.717, 1.165) is 16.7 Å². The Morgan fingerprint density at radius 3 is 2.95 bits per heavy atom. The van der Waals surface area contributed by atoms with Crippen LogP contribution < -0.4 is 11.1 Å². The Bertz CT molecular complexity index is 678. The molecule has 19 heavy (non-hydrogen) atoms. The summed E-state index contributed by atoms with van der Waals surface area (Å²) in [7, 11) is 0. The van der Waals surface area contributed by atoms with E-state index in [9.17, 15) is 0 Å². The number of benzene rings is 1. The molecule has 0 aliphatic heterocycles. The van der Waals surface area contributed by atoms with Crippen LogP contribution in [-0.2, 0) is 6.54 Å². The molecule has 3 N–H and O–H groups in total. The van der Waals surface area contributed by atoms with E-state index in [2.05, 4.69) is 25.6 Å². The molecular weight excluding hydrogens is 242 g/mol. The van der Waals surface area contributed by atoms with Crippen LogP contribution in [0.15, 0.2) is 36.7 Å². The maximum Gasteiger partial charge on any atom is 0.222 e. The second-order valence-corrected chi connectivity index (χ2v) is 4.04. The number of para-hydroxylation sites is 1. The highest BCUT2D eigenvalue weighted by Crippen LogP contribution is 2.20. The molecule has 7 heteroatoms. The molecule has 0 bridgehead atoms. The van der Waals surface area contributed by atoms with Crippen molar-refractivity contribution in [1.29, 1.82) is 0 Å². The zero-order valence-corrected chi connectivity index (χ0v) is 10.2. The van der Waals surface area contributed by atoms with Crippen LogP contribution in [0.4, 0.5) is 11.8 Å². The van der Waals surface area contributed by atoms with E-state index in [4.69, 9.17) is 5.73 Å². The number of rotatable bonds is 4. The Labute approximate surface area is 109 Å². The second-order valence-electron chi connectivity index (χ2n) is 4.04. The Hall–Kier alpha value is -2.70. The number of nitrogens with two attached hydrogens (primary N) is 1. The van der Waals surface area contributed by atoms with Crippen LogP contribution in [0.3, 0.4) is 0 Å². The first-order valence-corrected chi connectivity index (χ1v) is 5.93. The van der Waals surface area contributed by atoms with Gasteiger partial charge in [-0.05, 0) is 12.1 Å². The molecule has 3 aromatic rings. The van der Waals surface area contributed by atoms with Gasteiger partial charge < -0.3 is 11.1 Å². The van der Waals surface area contributed by atoms with E-state index in [0.29, 0.717) is 13.1 Å². The van der Waals surface area contributed by atoms with Gasteiger partial charge in [-0.3, -0.25) is 4.68 Å². The number of nitrogens with zero attached hydrogens (tertiary/aromatic N) is 5. The minimum Gasteiger partial charge on any atom is -0.368 e. The number of nitrogens with one attached hydrogen (secondary N) is 1. The third-order valence-electron chi connectivity index (χ3n) is 2.73. The predicted molar refractivity (Wildman–Crippen MR) is 72.5 cm³/mol. The Morgan fingerprint density at radius 1 is 1.21 bits per heavy atom. The van der Waals surface area contributed by atoms with Crippen LogP contribution in [0.2, 0.25) is 0 Å². The first kappa shape index (κ1) is 11.4. The van der Waals surface area contributed by atoms with Crippen molar-refractivity contribution in [2.75, 3.05) is 17.6 Å². The summed E-state index contributed by atoms with van der Waals surface area (Å²) in [5.41, 5.74) is 6.53. The van der Waals surface area contributed by atoms with Crippen molar-refractivity contribution in [1.82, 2.24) is 25.0 Å². The van der Waals surface area contributed by atoms with Crippen LogP contribution >= 0.6 is 0 Å². The van der Waals surface area contributed by atoms with Gasteiger partial charge in [-0.15, -0.1) is 5.10 Å². The molecule has 0 fully saturated rings. The number of hydrogen-bond donors (Lipinski definition) is 2. The topological polar surface area (TPSA) is 94.5 Å². The van der Waals surface area contributed by atoms with Crippen LogP contribution in [0.1, 0.15) is 0 Å². The van der Waals surface area contributed by atoms with E-state index < -0.39 is 0 Å². The van der Waals surface area contributed by atoms with Crippen molar-refractivity contribution in [2.24, 2.45) is 0 Å². The third-order valence-corrected chi connectivity index (χ3v) is 2.73. The molecule has 0 aliphatic rings. The van der Waals surface area contributed by atoms with E-state index in [1.165, 1.54) is 0 Å². The number of hydrogen-bond acceptors (Lipinski definition) is 6. The van der Waals surface area contributed by atoms with Gasteiger partial charge in [-0.1, -0.05) is 17.3 Å². The quantitative estimate of drug-likeness (QED) is 0.719. The lowest BCUT2D eigenvalue weighted by Gasteiger charge is -2.09. The molecule has 0 saturated carbocycles. The first-order valence-electron chi connectivity index (χ1n) is 5.93. The van der Waals surface area contributed by atoms with Gasteiger partial charge >= 0.3 is 0 Å². The normalized spacial score (nSPS) is 10.7. The molecule has 0 aliphatic carbocycles. The molecule has 2 aromatic heterocycles. The molecule has 1 aromatic carbocycles. The van der Waals surface area contributed by atoms with Gasteiger partial charge in [0, 0.05) is 18.1 Å². The van der Waals surface area contributed by atoms with Crippen LogP contribution in [0, 0.1) is 0 Å². The van der Waals surface area contributed by atoms with Gasteiger partial charge in [0.25, 0.3) is 0 Å². The highest BCUT2D eigenvalue weighted by Gasteiger charge is 2.04. The van der Waals surface area contributed by atoms with Crippen molar-refractivity contribution in [2.45, 2.75) is 6.54 Å². The molecule has 2 heterocycles. The summed E-state index contributed by atoms with van der Waals surface area (Å²) in [5, 5.41) is 11.8. The molecule has 0 saturated heterocycles. The average molecular weight is 255 g/mol. The third kappa shape index (κ3) is 2.44. The Morgan fingerprint density at radius 2 is 2.11 bits per heavy atom. The zero-order chi connectivity index (χ0) is 13.1. The van der Waals surface area contributed by atoms with Crippen molar-refractivity contribution in [3.05, 3.63) is 36.7 Å². The lowest BCUT2D eigenvalue weighted by atomic mass is 10.2. The van der Waals surface area contributed by atoms with E-state index >= 15 is 0 Å². The molecule has 0 spiro atoms. The van der Waals surface area contributed by atoms with Gasteiger partial charge in [-0.2, -0.15) is 4.98 Å². The summed E-state index contributed by atoms with van der Waals surface area (Å²) in [6.07, 6.45) is 3.46. The maximum absolute atomic E-state index is 5.70. The standard InChI is InChI=1S/C12H13N7/c13-12-16-10-4-2-1-3-9(10)11(17-12)14-5-7-19-8-6-15-18-19/h1-4,6,8H,5,7H2,(H3,13,14,16,17). The van der Waals surface area contributed by atoms with Crippen LogP contribution in [-0.4, -0.2) is 31.5 Å². The molecule has 3 rings (SSSR count). The molecule has 7 nitrogen and oxygen atoms in total. The van der Waals surface area contributed by atoms with E-state index in [1.54, 1.807) is 10.9 Å². The summed E-state index contributed by atoms with van der Waals surface area (Å²) in [5.74, 6) is 1.00. The first-order chi connectivity index (χ1) is 9.33. The number of anilines is 2. The fraction of sp³-hybridized carbons (Fsp3) is 0.167. The molecular formula is C12H13N7. The van der Waals surface area contributed by atoms with Gasteiger partial charge in [-0.25, -0.2) is 4.98 Å². The van der Waals surface area contributed by atoms with Crippen molar-refractivity contribution in [3.63, 3.8) is 0 Å². The Kier molecular flexibility index (Phi) is 2.93. The maximum atomic E-state index is 5.70. The minimum atomic E-state index is 0.266. The minimum absolute atomic E-state index is 0.266. The summed E-state index contributed by atoms with van der Waals surface area (Å²) < 4.78 is 1.75. The monoisotopic (exact) mass is 255 g/mol. The van der Waals surface area contributed by atoms with Gasteiger partial charge in [0.1, 0.15) is 5.82 Å². The summed E-state index contributed by atoms with van der Waals surface area (Å²) >= 11 is 0. The highest BCUT2D eigenvalue weighted by molar-refractivity contribution is 5.89. The predicted octanol–water partition coefficient (Wildman–Crippen LogP) is 0.916. The summed E-state index contributed by atoms with van der Waals surface area (Å²) in [4.78, 5) is 8.42. The summed E-state index contributed by atoms with van der Waals surface area (Å²) in [6, 6.07) is 7.75.